The summed E-state index contributed by atoms with van der Waals surface area (Å²) in [6, 6.07) is 3.42. The molecule has 0 saturated heterocycles. The Hall–Kier alpha value is -1.48. The average Bonchev–Trinajstić information content (AvgIpc) is 2.23. The number of nitrogen functional groups attached to an aromatic ring is 1. The molecule has 5 nitrogen and oxygen atoms in total. The van der Waals surface area contributed by atoms with Crippen LogP contribution >= 0.6 is 0 Å². The average molecular weight is 297 g/mol. The number of halogens is 3. The standard InChI is InChI=1S/C10H14F3N3O2S/c11-10(12,13)8-6-7(2-3-9(8)14)16-4-1-5-19(15,17)18/h2-3,6,16H,1,4-5,14H2,(H2,15,17,18). The molecule has 0 aromatic heterocycles. The number of alkyl halides is 3. The van der Waals surface area contributed by atoms with E-state index in [9.17, 15) is 21.6 Å². The van der Waals surface area contributed by atoms with Gasteiger partial charge in [0.25, 0.3) is 0 Å². The van der Waals surface area contributed by atoms with Gasteiger partial charge in [0.2, 0.25) is 10.0 Å². The number of rotatable bonds is 5. The lowest BCUT2D eigenvalue weighted by atomic mass is 10.1. The van der Waals surface area contributed by atoms with Crippen molar-refractivity contribution in [2.24, 2.45) is 5.14 Å². The van der Waals surface area contributed by atoms with Crippen LogP contribution in [-0.2, 0) is 16.2 Å². The highest BCUT2D eigenvalue weighted by Crippen LogP contribution is 2.35. The van der Waals surface area contributed by atoms with Crippen molar-refractivity contribution in [3.8, 4) is 0 Å². The summed E-state index contributed by atoms with van der Waals surface area (Å²) in [6.07, 6.45) is -4.33. The van der Waals surface area contributed by atoms with Crippen LogP contribution in [0.4, 0.5) is 24.5 Å². The molecule has 5 N–H and O–H groups in total. The van der Waals surface area contributed by atoms with Crippen molar-refractivity contribution in [3.63, 3.8) is 0 Å². The van der Waals surface area contributed by atoms with Crippen LogP contribution in [0.25, 0.3) is 0 Å². The molecule has 0 saturated carbocycles. The minimum atomic E-state index is -4.53. The van der Waals surface area contributed by atoms with Crippen molar-refractivity contribution in [1.29, 1.82) is 0 Å². The van der Waals surface area contributed by atoms with E-state index in [2.05, 4.69) is 5.32 Å². The molecule has 0 spiro atoms. The third-order valence-corrected chi connectivity index (χ3v) is 3.15. The molecule has 0 aliphatic rings. The fraction of sp³-hybridized carbons (Fsp3) is 0.400. The first-order valence-corrected chi connectivity index (χ1v) is 7.02. The first-order chi connectivity index (χ1) is 8.59. The molecule has 1 aromatic carbocycles. The molecular weight excluding hydrogens is 283 g/mol. The molecule has 0 atom stereocenters. The molecule has 1 aromatic rings. The van der Waals surface area contributed by atoms with Crippen LogP contribution in [0.1, 0.15) is 12.0 Å². The van der Waals surface area contributed by atoms with E-state index >= 15 is 0 Å². The normalized spacial score (nSPS) is 12.4. The van der Waals surface area contributed by atoms with E-state index in [1.165, 1.54) is 6.07 Å². The van der Waals surface area contributed by atoms with E-state index in [0.29, 0.717) is 0 Å². The third-order valence-electron chi connectivity index (χ3n) is 2.29. The predicted molar refractivity (Wildman–Crippen MR) is 66.9 cm³/mol. The first kappa shape index (κ1) is 15.6. The Morgan fingerprint density at radius 1 is 1.26 bits per heavy atom. The molecule has 0 fully saturated rings. The number of hydrogen-bond donors (Lipinski definition) is 3. The Balaban J connectivity index is 2.66. The number of hydrogen-bond acceptors (Lipinski definition) is 4. The van der Waals surface area contributed by atoms with Gasteiger partial charge >= 0.3 is 6.18 Å². The van der Waals surface area contributed by atoms with E-state index < -0.39 is 21.8 Å². The minimum absolute atomic E-state index is 0.192. The van der Waals surface area contributed by atoms with Crippen LogP contribution in [0.3, 0.4) is 0 Å². The van der Waals surface area contributed by atoms with E-state index in [1.54, 1.807) is 0 Å². The van der Waals surface area contributed by atoms with Gasteiger partial charge in [0.05, 0.1) is 11.3 Å². The highest BCUT2D eigenvalue weighted by atomic mass is 32.2. The third kappa shape index (κ3) is 5.35. The summed E-state index contributed by atoms with van der Waals surface area (Å²) in [5.74, 6) is -0.235. The van der Waals surface area contributed by atoms with E-state index in [4.69, 9.17) is 10.9 Å². The number of benzene rings is 1. The molecule has 0 heterocycles. The molecule has 9 heteroatoms. The lowest BCUT2D eigenvalue weighted by Gasteiger charge is -2.12. The van der Waals surface area contributed by atoms with Gasteiger partial charge in [-0.05, 0) is 24.6 Å². The first-order valence-electron chi connectivity index (χ1n) is 5.30. The molecule has 108 valence electrons. The fourth-order valence-corrected chi connectivity index (χ4v) is 1.96. The second kappa shape index (κ2) is 5.66. The summed E-state index contributed by atoms with van der Waals surface area (Å²) in [6.45, 7) is 0.192. The van der Waals surface area contributed by atoms with Gasteiger partial charge < -0.3 is 11.1 Å². The molecule has 0 aliphatic heterocycles. The van der Waals surface area contributed by atoms with Crippen molar-refractivity contribution < 1.29 is 21.6 Å². The van der Waals surface area contributed by atoms with Crippen LogP contribution < -0.4 is 16.2 Å². The number of nitrogens with two attached hydrogens (primary N) is 2. The largest absolute Gasteiger partial charge is 0.418 e. The van der Waals surface area contributed by atoms with Gasteiger partial charge in [0.15, 0.2) is 0 Å². The predicted octanol–water partition coefficient (Wildman–Crippen LogP) is 1.38. The Kier molecular flexibility index (Phi) is 4.64. The Bertz CT molecular complexity index is 543. The van der Waals surface area contributed by atoms with Crippen molar-refractivity contribution in [3.05, 3.63) is 23.8 Å². The van der Waals surface area contributed by atoms with Crippen LogP contribution in [-0.4, -0.2) is 20.7 Å². The van der Waals surface area contributed by atoms with Crippen molar-refractivity contribution in [2.75, 3.05) is 23.3 Å². The Morgan fingerprint density at radius 3 is 2.42 bits per heavy atom. The lowest BCUT2D eigenvalue weighted by molar-refractivity contribution is -0.136. The second-order valence-corrected chi connectivity index (χ2v) is 5.68. The van der Waals surface area contributed by atoms with Gasteiger partial charge in [-0.15, -0.1) is 0 Å². The molecular formula is C10H14F3N3O2S. The van der Waals surface area contributed by atoms with Crippen molar-refractivity contribution >= 4 is 21.4 Å². The fourth-order valence-electron chi connectivity index (χ4n) is 1.42. The monoisotopic (exact) mass is 297 g/mol. The zero-order valence-corrected chi connectivity index (χ0v) is 10.7. The van der Waals surface area contributed by atoms with Gasteiger partial charge in [-0.2, -0.15) is 13.2 Å². The highest BCUT2D eigenvalue weighted by Gasteiger charge is 2.33. The number of sulfonamides is 1. The minimum Gasteiger partial charge on any atom is -0.398 e. The molecule has 0 unspecified atom stereocenters. The van der Waals surface area contributed by atoms with E-state index in [-0.39, 0.29) is 30.1 Å². The van der Waals surface area contributed by atoms with Crippen molar-refractivity contribution in [1.82, 2.24) is 0 Å². The summed E-state index contributed by atoms with van der Waals surface area (Å²) >= 11 is 0. The van der Waals surface area contributed by atoms with Crippen LogP contribution in [0.5, 0.6) is 0 Å². The zero-order chi connectivity index (χ0) is 14.7. The molecule has 19 heavy (non-hydrogen) atoms. The quantitative estimate of drug-likeness (QED) is 0.565. The van der Waals surface area contributed by atoms with Crippen LogP contribution in [0.15, 0.2) is 18.2 Å². The number of anilines is 2. The van der Waals surface area contributed by atoms with Gasteiger partial charge in [-0.3, -0.25) is 0 Å². The SMILES string of the molecule is Nc1ccc(NCCCS(N)(=O)=O)cc1C(F)(F)F. The van der Waals surface area contributed by atoms with Gasteiger partial charge in [-0.25, -0.2) is 13.6 Å². The lowest BCUT2D eigenvalue weighted by Crippen LogP contribution is -2.18. The number of nitrogens with one attached hydrogen (secondary N) is 1. The second-order valence-electron chi connectivity index (χ2n) is 3.95. The highest BCUT2D eigenvalue weighted by molar-refractivity contribution is 7.89. The zero-order valence-electron chi connectivity index (χ0n) is 9.87. The van der Waals surface area contributed by atoms with Crippen molar-refractivity contribution in [2.45, 2.75) is 12.6 Å². The smallest absolute Gasteiger partial charge is 0.398 e. The molecule has 0 bridgehead atoms. The summed E-state index contributed by atoms with van der Waals surface area (Å²) in [5, 5.41) is 7.48. The summed E-state index contributed by atoms with van der Waals surface area (Å²) in [4.78, 5) is 0. The maximum atomic E-state index is 12.6. The summed E-state index contributed by atoms with van der Waals surface area (Å²) in [7, 11) is -3.56. The van der Waals surface area contributed by atoms with E-state index in [0.717, 1.165) is 12.1 Å². The Morgan fingerprint density at radius 2 is 1.89 bits per heavy atom. The molecule has 0 aliphatic carbocycles. The Labute approximate surface area is 108 Å². The van der Waals surface area contributed by atoms with Crippen LogP contribution in [0.2, 0.25) is 0 Å². The maximum Gasteiger partial charge on any atom is 0.418 e. The topological polar surface area (TPSA) is 98.2 Å². The van der Waals surface area contributed by atoms with Gasteiger partial charge in [-0.1, -0.05) is 0 Å². The summed E-state index contributed by atoms with van der Waals surface area (Å²) in [5.41, 5.74) is 4.18. The molecule has 0 amide bonds. The van der Waals surface area contributed by atoms with E-state index in [1.807, 2.05) is 0 Å². The van der Waals surface area contributed by atoms with Gasteiger partial charge in [0, 0.05) is 17.9 Å². The molecule has 1 rings (SSSR count). The molecule has 0 radical (unpaired) electrons. The van der Waals surface area contributed by atoms with Gasteiger partial charge in [0.1, 0.15) is 0 Å². The maximum absolute atomic E-state index is 12.6. The number of primary sulfonamides is 1. The van der Waals surface area contributed by atoms with Crippen LogP contribution in [0, 0.1) is 0 Å². The summed E-state index contributed by atoms with van der Waals surface area (Å²) < 4.78 is 59.0.